The zero-order valence-electron chi connectivity index (χ0n) is 10.5. The fraction of sp³-hybridized carbons (Fsp3) is 0.538. The maximum atomic E-state index is 5.36. The first-order chi connectivity index (χ1) is 7.61. The molecular formula is C13H20BrNO. The van der Waals surface area contributed by atoms with E-state index in [2.05, 4.69) is 48.1 Å². The van der Waals surface area contributed by atoms with Crippen molar-refractivity contribution in [2.24, 2.45) is 0 Å². The molecule has 90 valence electrons. The van der Waals surface area contributed by atoms with Gasteiger partial charge in [-0.05, 0) is 62.1 Å². The fourth-order valence-corrected chi connectivity index (χ4v) is 2.26. The average Bonchev–Trinajstić information content (AvgIpc) is 2.28. The largest absolute Gasteiger partial charge is 0.496 e. The summed E-state index contributed by atoms with van der Waals surface area (Å²) in [6, 6.07) is 2.13. The van der Waals surface area contributed by atoms with Crippen LogP contribution in [-0.4, -0.2) is 19.1 Å². The molecule has 2 nitrogen and oxygen atoms in total. The number of methoxy groups -OCH3 is 1. The molecule has 0 spiro atoms. The normalized spacial score (nSPS) is 10.6. The number of alkyl halides is 1. The van der Waals surface area contributed by atoms with Gasteiger partial charge in [-0.2, -0.15) is 0 Å². The minimum absolute atomic E-state index is 0.847. The summed E-state index contributed by atoms with van der Waals surface area (Å²) in [5, 5.41) is 3.28. The molecule has 1 N–H and O–H groups in total. The number of hydrogen-bond acceptors (Lipinski definition) is 2. The van der Waals surface area contributed by atoms with Crippen molar-refractivity contribution in [2.75, 3.05) is 19.1 Å². The summed E-state index contributed by atoms with van der Waals surface area (Å²) in [5.74, 6) is 0.993. The molecule has 0 bridgehead atoms. The number of halogens is 1. The zero-order chi connectivity index (χ0) is 12.1. The Morgan fingerprint density at radius 2 is 1.94 bits per heavy atom. The topological polar surface area (TPSA) is 21.3 Å². The highest BCUT2D eigenvalue weighted by Crippen LogP contribution is 2.27. The third-order valence-corrected chi connectivity index (χ3v) is 3.47. The van der Waals surface area contributed by atoms with Crippen molar-refractivity contribution in [3.8, 4) is 5.75 Å². The van der Waals surface area contributed by atoms with E-state index in [0.29, 0.717) is 0 Å². The Kier molecular flexibility index (Phi) is 5.29. The van der Waals surface area contributed by atoms with Gasteiger partial charge in [-0.15, -0.1) is 0 Å². The van der Waals surface area contributed by atoms with E-state index in [1.807, 2.05) is 0 Å². The second-order valence-electron chi connectivity index (χ2n) is 4.01. The molecule has 16 heavy (non-hydrogen) atoms. The zero-order valence-corrected chi connectivity index (χ0v) is 12.1. The fourth-order valence-electron chi connectivity index (χ4n) is 1.98. The van der Waals surface area contributed by atoms with Crippen LogP contribution in [0.5, 0.6) is 5.75 Å². The summed E-state index contributed by atoms with van der Waals surface area (Å²) in [4.78, 5) is 0. The van der Waals surface area contributed by atoms with Crippen LogP contribution in [-0.2, 0) is 6.42 Å². The first kappa shape index (κ1) is 13.5. The van der Waals surface area contributed by atoms with Crippen LogP contribution in [0.3, 0.4) is 0 Å². The van der Waals surface area contributed by atoms with Crippen molar-refractivity contribution in [2.45, 2.75) is 27.2 Å². The van der Waals surface area contributed by atoms with Gasteiger partial charge in [-0.3, -0.25) is 0 Å². The second kappa shape index (κ2) is 6.26. The molecule has 0 aliphatic carbocycles. The maximum absolute atomic E-state index is 5.36. The molecule has 0 aromatic heterocycles. The third kappa shape index (κ3) is 2.98. The van der Waals surface area contributed by atoms with Crippen LogP contribution in [0.25, 0.3) is 0 Å². The number of rotatable bonds is 5. The van der Waals surface area contributed by atoms with Gasteiger partial charge in [0.1, 0.15) is 5.75 Å². The second-order valence-corrected chi connectivity index (χ2v) is 4.57. The van der Waals surface area contributed by atoms with E-state index in [9.17, 15) is 0 Å². The van der Waals surface area contributed by atoms with Gasteiger partial charge in [0.05, 0.1) is 12.6 Å². The molecule has 0 aliphatic rings. The van der Waals surface area contributed by atoms with Gasteiger partial charge >= 0.3 is 0 Å². The van der Waals surface area contributed by atoms with Gasteiger partial charge in [-0.25, -0.2) is 0 Å². The molecule has 0 aliphatic heterocycles. The monoisotopic (exact) mass is 285 g/mol. The molecular weight excluding hydrogens is 266 g/mol. The Balaban J connectivity index is 2.96. The number of aryl methyl sites for hydroxylation is 1. The predicted octanol–water partition coefficient (Wildman–Crippen LogP) is 3.10. The van der Waals surface area contributed by atoms with Crippen molar-refractivity contribution in [1.29, 1.82) is 0 Å². The van der Waals surface area contributed by atoms with Crippen molar-refractivity contribution >= 4 is 15.9 Å². The summed E-state index contributed by atoms with van der Waals surface area (Å²) in [7, 11) is 1.73. The van der Waals surface area contributed by atoms with E-state index in [0.717, 1.165) is 24.2 Å². The molecule has 0 saturated carbocycles. The molecule has 3 heteroatoms. The van der Waals surface area contributed by atoms with Gasteiger partial charge < -0.3 is 10.1 Å². The van der Waals surface area contributed by atoms with Crippen LogP contribution in [0.15, 0.2) is 6.07 Å². The van der Waals surface area contributed by atoms with Gasteiger partial charge in [0.2, 0.25) is 0 Å². The van der Waals surface area contributed by atoms with E-state index in [1.165, 1.54) is 22.3 Å². The lowest BCUT2D eigenvalue weighted by Gasteiger charge is -2.16. The van der Waals surface area contributed by atoms with Crippen LogP contribution in [0.1, 0.15) is 22.3 Å². The van der Waals surface area contributed by atoms with Crippen LogP contribution in [0.2, 0.25) is 0 Å². The minimum atomic E-state index is 0.847. The van der Waals surface area contributed by atoms with E-state index in [1.54, 1.807) is 7.11 Å². The van der Waals surface area contributed by atoms with Crippen LogP contribution < -0.4 is 10.1 Å². The lowest BCUT2D eigenvalue weighted by Crippen LogP contribution is -2.16. The highest BCUT2D eigenvalue weighted by atomic mass is 79.9. The number of ether oxygens (including phenoxy) is 1. The molecule has 0 atom stereocenters. The Morgan fingerprint density at radius 1 is 1.25 bits per heavy atom. The van der Waals surface area contributed by atoms with E-state index in [-0.39, 0.29) is 0 Å². The quantitative estimate of drug-likeness (QED) is 0.510. The summed E-state index contributed by atoms with van der Waals surface area (Å²) in [6.07, 6.45) is 1.06. The number of benzene rings is 1. The molecule has 1 aromatic rings. The Labute approximate surface area is 107 Å². The first-order valence-corrected chi connectivity index (χ1v) is 6.64. The van der Waals surface area contributed by atoms with Gasteiger partial charge in [0.25, 0.3) is 0 Å². The number of nitrogens with one attached hydrogen (secondary N) is 1. The van der Waals surface area contributed by atoms with Gasteiger partial charge in [-0.1, -0.05) is 15.9 Å². The summed E-state index contributed by atoms with van der Waals surface area (Å²) >= 11 is 3.37. The summed E-state index contributed by atoms with van der Waals surface area (Å²) in [6.45, 7) is 7.44. The summed E-state index contributed by atoms with van der Waals surface area (Å²) < 4.78 is 5.36. The highest BCUT2D eigenvalue weighted by Gasteiger charge is 2.09. The third-order valence-electron chi connectivity index (χ3n) is 3.07. The standard InChI is InChI=1S/C13H20BrNO/c1-9-7-13(16-4)11(3)10(2)12(9)5-6-15-8-14/h7,15H,5-6,8H2,1-4H3. The molecule has 0 saturated heterocycles. The first-order valence-electron chi connectivity index (χ1n) is 5.52. The van der Waals surface area contributed by atoms with Gasteiger partial charge in [0, 0.05) is 0 Å². The van der Waals surface area contributed by atoms with Crippen molar-refractivity contribution in [1.82, 2.24) is 5.32 Å². The SMILES string of the molecule is COc1cc(C)c(CCNCBr)c(C)c1C. The molecule has 0 fully saturated rings. The van der Waals surface area contributed by atoms with E-state index >= 15 is 0 Å². The Bertz CT molecular complexity index is 363. The molecule has 0 amide bonds. The van der Waals surface area contributed by atoms with Crippen molar-refractivity contribution in [3.63, 3.8) is 0 Å². The lowest BCUT2D eigenvalue weighted by atomic mass is 9.95. The van der Waals surface area contributed by atoms with E-state index in [4.69, 9.17) is 4.74 Å². The van der Waals surface area contributed by atoms with Crippen LogP contribution in [0.4, 0.5) is 0 Å². The average molecular weight is 286 g/mol. The van der Waals surface area contributed by atoms with Crippen LogP contribution >= 0.6 is 15.9 Å². The smallest absolute Gasteiger partial charge is 0.122 e. The Morgan fingerprint density at radius 3 is 2.50 bits per heavy atom. The van der Waals surface area contributed by atoms with Crippen molar-refractivity contribution < 1.29 is 4.74 Å². The molecule has 1 rings (SSSR count). The van der Waals surface area contributed by atoms with Crippen molar-refractivity contribution in [3.05, 3.63) is 28.3 Å². The number of hydrogen-bond donors (Lipinski definition) is 1. The lowest BCUT2D eigenvalue weighted by molar-refractivity contribution is 0.410. The Hall–Kier alpha value is -0.540. The maximum Gasteiger partial charge on any atom is 0.122 e. The highest BCUT2D eigenvalue weighted by molar-refractivity contribution is 9.09. The summed E-state index contributed by atoms with van der Waals surface area (Å²) in [5.41, 5.74) is 6.21. The van der Waals surface area contributed by atoms with E-state index < -0.39 is 0 Å². The molecule has 0 heterocycles. The predicted molar refractivity (Wildman–Crippen MR) is 72.7 cm³/mol. The molecule has 0 unspecified atom stereocenters. The molecule has 1 aromatic carbocycles. The molecule has 0 radical (unpaired) electrons. The minimum Gasteiger partial charge on any atom is -0.496 e. The van der Waals surface area contributed by atoms with Crippen LogP contribution in [0, 0.1) is 20.8 Å². The van der Waals surface area contributed by atoms with Gasteiger partial charge in [0.15, 0.2) is 0 Å².